The molecule has 0 aromatic carbocycles. The van der Waals surface area contributed by atoms with Crippen LogP contribution in [0.5, 0.6) is 0 Å². The molecule has 2 aliphatic rings. The summed E-state index contributed by atoms with van der Waals surface area (Å²) < 4.78 is 0. The van der Waals surface area contributed by atoms with Crippen molar-refractivity contribution in [2.45, 2.75) is 77.3 Å². The van der Waals surface area contributed by atoms with E-state index in [0.29, 0.717) is 5.41 Å². The highest BCUT2D eigenvalue weighted by molar-refractivity contribution is 4.90. The molecule has 0 spiro atoms. The van der Waals surface area contributed by atoms with Crippen molar-refractivity contribution in [3.05, 3.63) is 0 Å². The first kappa shape index (κ1) is 14.3. The molecule has 3 unspecified atom stereocenters. The van der Waals surface area contributed by atoms with Crippen molar-refractivity contribution in [3.8, 4) is 0 Å². The van der Waals surface area contributed by atoms with E-state index in [1.165, 1.54) is 51.4 Å². The molecule has 2 aliphatic carbocycles. The first-order valence-electron chi connectivity index (χ1n) is 7.95. The van der Waals surface area contributed by atoms with E-state index in [0.717, 1.165) is 24.5 Å². The molecule has 0 bridgehead atoms. The molecule has 2 nitrogen and oxygen atoms in total. The lowest BCUT2D eigenvalue weighted by atomic mass is 9.73. The minimum absolute atomic E-state index is 0.546. The third kappa shape index (κ3) is 3.27. The molecular weight excluding hydrogens is 220 g/mol. The van der Waals surface area contributed by atoms with Gasteiger partial charge < -0.3 is 10.6 Å². The lowest BCUT2D eigenvalue weighted by Gasteiger charge is -2.46. The molecule has 0 heterocycles. The van der Waals surface area contributed by atoms with Gasteiger partial charge in [-0.25, -0.2) is 0 Å². The topological polar surface area (TPSA) is 29.3 Å². The summed E-state index contributed by atoms with van der Waals surface area (Å²) in [4.78, 5) is 2.71. The van der Waals surface area contributed by atoms with Gasteiger partial charge in [0.05, 0.1) is 0 Å². The molecule has 18 heavy (non-hydrogen) atoms. The summed E-state index contributed by atoms with van der Waals surface area (Å²) in [6.45, 7) is 5.76. The number of nitrogens with two attached hydrogens (primary N) is 1. The summed E-state index contributed by atoms with van der Waals surface area (Å²) in [6.07, 6.45) is 11.1. The third-order valence-electron chi connectivity index (χ3n) is 5.45. The van der Waals surface area contributed by atoms with Gasteiger partial charge in [0.1, 0.15) is 0 Å². The predicted octanol–water partition coefficient (Wildman–Crippen LogP) is 3.40. The number of rotatable bonds is 3. The third-order valence-corrected chi connectivity index (χ3v) is 5.45. The summed E-state index contributed by atoms with van der Waals surface area (Å²) in [5.41, 5.74) is 6.53. The van der Waals surface area contributed by atoms with E-state index in [4.69, 9.17) is 5.73 Å². The van der Waals surface area contributed by atoms with Crippen LogP contribution in [0, 0.1) is 11.3 Å². The van der Waals surface area contributed by atoms with Crippen LogP contribution in [0.1, 0.15) is 65.2 Å². The molecule has 2 rings (SSSR count). The van der Waals surface area contributed by atoms with Crippen LogP contribution < -0.4 is 5.73 Å². The highest BCUT2D eigenvalue weighted by Crippen LogP contribution is 2.39. The fourth-order valence-electron chi connectivity index (χ4n) is 4.28. The molecule has 3 atom stereocenters. The van der Waals surface area contributed by atoms with E-state index < -0.39 is 0 Å². The van der Waals surface area contributed by atoms with Crippen molar-refractivity contribution in [3.63, 3.8) is 0 Å². The minimum atomic E-state index is 0.546. The second kappa shape index (κ2) is 5.92. The molecule has 0 radical (unpaired) electrons. The molecular formula is C16H32N2. The van der Waals surface area contributed by atoms with Crippen LogP contribution in [0.3, 0.4) is 0 Å². The average Bonchev–Trinajstić information content (AvgIpc) is 2.36. The van der Waals surface area contributed by atoms with Crippen LogP contribution in [0.2, 0.25) is 0 Å². The molecule has 2 heteroatoms. The number of nitrogens with zero attached hydrogens (tertiary/aromatic N) is 1. The van der Waals surface area contributed by atoms with Gasteiger partial charge in [-0.3, -0.25) is 0 Å². The van der Waals surface area contributed by atoms with Gasteiger partial charge in [0.2, 0.25) is 0 Å². The van der Waals surface area contributed by atoms with E-state index in [9.17, 15) is 0 Å². The van der Waals surface area contributed by atoms with E-state index in [1.807, 2.05) is 0 Å². The summed E-state index contributed by atoms with van der Waals surface area (Å²) >= 11 is 0. The van der Waals surface area contributed by atoms with Gasteiger partial charge >= 0.3 is 0 Å². The zero-order valence-electron chi connectivity index (χ0n) is 12.6. The molecule has 0 aliphatic heterocycles. The Bertz CT molecular complexity index is 262. The van der Waals surface area contributed by atoms with Crippen molar-refractivity contribution < 1.29 is 0 Å². The summed E-state index contributed by atoms with van der Waals surface area (Å²) in [5, 5.41) is 0. The van der Waals surface area contributed by atoms with Crippen molar-refractivity contribution in [1.82, 2.24) is 4.90 Å². The second-order valence-corrected chi connectivity index (χ2v) is 7.43. The van der Waals surface area contributed by atoms with Gasteiger partial charge in [-0.15, -0.1) is 0 Å². The molecule has 2 N–H and O–H groups in total. The first-order chi connectivity index (χ1) is 8.53. The highest BCUT2D eigenvalue weighted by Gasteiger charge is 2.35. The van der Waals surface area contributed by atoms with E-state index >= 15 is 0 Å². The Morgan fingerprint density at radius 3 is 2.50 bits per heavy atom. The lowest BCUT2D eigenvalue weighted by Crippen LogP contribution is -2.49. The normalized spacial score (nSPS) is 36.8. The maximum atomic E-state index is 5.99. The SMILES string of the molecule is CN(C1CCCC(C)(C)C1)C1CCCCC1CN. The highest BCUT2D eigenvalue weighted by atomic mass is 15.2. The Morgan fingerprint density at radius 1 is 1.11 bits per heavy atom. The monoisotopic (exact) mass is 252 g/mol. The smallest absolute Gasteiger partial charge is 0.0135 e. The quantitative estimate of drug-likeness (QED) is 0.834. The van der Waals surface area contributed by atoms with Gasteiger partial charge in [0.15, 0.2) is 0 Å². The Hall–Kier alpha value is -0.0800. The van der Waals surface area contributed by atoms with Crippen molar-refractivity contribution in [2.75, 3.05) is 13.6 Å². The summed E-state index contributed by atoms with van der Waals surface area (Å²) in [7, 11) is 2.37. The Kier molecular flexibility index (Phi) is 4.71. The molecule has 2 fully saturated rings. The maximum absolute atomic E-state index is 5.99. The van der Waals surface area contributed by atoms with Gasteiger partial charge in [-0.2, -0.15) is 0 Å². The molecule has 2 saturated carbocycles. The Morgan fingerprint density at radius 2 is 1.83 bits per heavy atom. The fraction of sp³-hybridized carbons (Fsp3) is 1.00. The van der Waals surface area contributed by atoms with Crippen LogP contribution in [-0.4, -0.2) is 30.6 Å². The maximum Gasteiger partial charge on any atom is 0.0135 e. The van der Waals surface area contributed by atoms with Crippen LogP contribution in [0.15, 0.2) is 0 Å². The summed E-state index contributed by atoms with van der Waals surface area (Å²) in [5.74, 6) is 0.744. The Balaban J connectivity index is 1.98. The van der Waals surface area contributed by atoms with Crippen LogP contribution >= 0.6 is 0 Å². The minimum Gasteiger partial charge on any atom is -0.330 e. The van der Waals surface area contributed by atoms with Gasteiger partial charge in [-0.1, -0.05) is 33.1 Å². The zero-order chi connectivity index (χ0) is 13.2. The number of hydrogen-bond donors (Lipinski definition) is 1. The predicted molar refractivity (Wildman–Crippen MR) is 78.6 cm³/mol. The van der Waals surface area contributed by atoms with Gasteiger partial charge in [-0.05, 0) is 57.0 Å². The average molecular weight is 252 g/mol. The fourth-order valence-corrected chi connectivity index (χ4v) is 4.28. The molecule has 0 amide bonds. The van der Waals surface area contributed by atoms with Crippen LogP contribution in [0.25, 0.3) is 0 Å². The van der Waals surface area contributed by atoms with E-state index in [1.54, 1.807) is 0 Å². The van der Waals surface area contributed by atoms with Gasteiger partial charge in [0.25, 0.3) is 0 Å². The lowest BCUT2D eigenvalue weighted by molar-refractivity contribution is 0.0432. The molecule has 0 saturated heterocycles. The van der Waals surface area contributed by atoms with E-state index in [-0.39, 0.29) is 0 Å². The first-order valence-corrected chi connectivity index (χ1v) is 7.95. The molecule has 0 aromatic heterocycles. The van der Waals surface area contributed by atoms with E-state index in [2.05, 4.69) is 25.8 Å². The van der Waals surface area contributed by atoms with Crippen LogP contribution in [0.4, 0.5) is 0 Å². The summed E-state index contributed by atoms with van der Waals surface area (Å²) in [6, 6.07) is 1.55. The van der Waals surface area contributed by atoms with Crippen molar-refractivity contribution in [2.24, 2.45) is 17.1 Å². The van der Waals surface area contributed by atoms with Crippen LogP contribution in [-0.2, 0) is 0 Å². The Labute approximate surface area is 113 Å². The van der Waals surface area contributed by atoms with Crippen molar-refractivity contribution >= 4 is 0 Å². The molecule has 106 valence electrons. The largest absolute Gasteiger partial charge is 0.330 e. The molecule has 0 aromatic rings. The standard InChI is InChI=1S/C16H32N2/c1-16(2)10-6-8-14(11-16)18(3)15-9-5-4-7-13(15)12-17/h13-15H,4-12,17H2,1-3H3. The second-order valence-electron chi connectivity index (χ2n) is 7.43. The number of hydrogen-bond acceptors (Lipinski definition) is 2. The van der Waals surface area contributed by atoms with Crippen molar-refractivity contribution in [1.29, 1.82) is 0 Å². The zero-order valence-corrected chi connectivity index (χ0v) is 12.6. The van der Waals surface area contributed by atoms with Gasteiger partial charge in [0, 0.05) is 12.1 Å².